The first-order valence-corrected chi connectivity index (χ1v) is 7.23. The summed E-state index contributed by atoms with van der Waals surface area (Å²) in [5.41, 5.74) is 3.89. The third-order valence-electron chi connectivity index (χ3n) is 3.27. The van der Waals surface area contributed by atoms with Crippen LogP contribution in [-0.4, -0.2) is 5.11 Å². The Labute approximate surface area is 133 Å². The third kappa shape index (κ3) is 3.21. The normalized spacial score (nSPS) is 10.6. The van der Waals surface area contributed by atoms with Gasteiger partial charge in [-0.3, -0.25) is 0 Å². The van der Waals surface area contributed by atoms with Gasteiger partial charge in [0.1, 0.15) is 5.75 Å². The van der Waals surface area contributed by atoms with Crippen molar-refractivity contribution >= 4 is 23.2 Å². The van der Waals surface area contributed by atoms with Crippen LogP contribution in [0.15, 0.2) is 66.7 Å². The van der Waals surface area contributed by atoms with Gasteiger partial charge >= 0.3 is 0 Å². The summed E-state index contributed by atoms with van der Waals surface area (Å²) in [6, 6.07) is 20.6. The predicted octanol–water partition coefficient (Wildman–Crippen LogP) is 6.03. The fourth-order valence-electron chi connectivity index (χ4n) is 2.23. The molecule has 0 bridgehead atoms. The van der Waals surface area contributed by atoms with Crippen molar-refractivity contribution in [1.82, 2.24) is 0 Å². The van der Waals surface area contributed by atoms with E-state index in [1.807, 2.05) is 54.6 Å². The standard InChI is InChI=1S/C18H12Cl2O/c19-16-5-1-12(2-6-16)14-9-15(11-18(21)10-14)13-3-7-17(20)8-4-13/h1-11,21H. The van der Waals surface area contributed by atoms with E-state index in [1.165, 1.54) is 0 Å². The number of aromatic hydroxyl groups is 1. The Morgan fingerprint density at radius 2 is 0.905 bits per heavy atom. The molecule has 1 nitrogen and oxygen atoms in total. The molecule has 0 aliphatic heterocycles. The fourth-order valence-corrected chi connectivity index (χ4v) is 2.48. The molecule has 3 heteroatoms. The van der Waals surface area contributed by atoms with E-state index < -0.39 is 0 Å². The van der Waals surface area contributed by atoms with Gasteiger partial charge in [-0.15, -0.1) is 0 Å². The summed E-state index contributed by atoms with van der Waals surface area (Å²) in [4.78, 5) is 0. The first kappa shape index (κ1) is 14.0. The van der Waals surface area contributed by atoms with Crippen molar-refractivity contribution in [3.8, 4) is 28.0 Å². The van der Waals surface area contributed by atoms with Gasteiger partial charge in [0.25, 0.3) is 0 Å². The third-order valence-corrected chi connectivity index (χ3v) is 3.78. The molecule has 3 rings (SSSR count). The van der Waals surface area contributed by atoms with Gasteiger partial charge in [-0.25, -0.2) is 0 Å². The van der Waals surface area contributed by atoms with E-state index in [0.29, 0.717) is 10.0 Å². The van der Waals surface area contributed by atoms with Crippen molar-refractivity contribution in [2.75, 3.05) is 0 Å². The zero-order chi connectivity index (χ0) is 14.8. The Balaban J connectivity index is 2.07. The molecule has 3 aromatic rings. The van der Waals surface area contributed by atoms with Gasteiger partial charge in [-0.05, 0) is 64.7 Å². The highest BCUT2D eigenvalue weighted by Crippen LogP contribution is 2.31. The summed E-state index contributed by atoms with van der Waals surface area (Å²) in [6.07, 6.45) is 0. The van der Waals surface area contributed by atoms with E-state index in [0.717, 1.165) is 22.3 Å². The van der Waals surface area contributed by atoms with Crippen molar-refractivity contribution in [1.29, 1.82) is 0 Å². The van der Waals surface area contributed by atoms with Crippen LogP contribution in [0.4, 0.5) is 0 Å². The van der Waals surface area contributed by atoms with Crippen LogP contribution in [0.3, 0.4) is 0 Å². The monoisotopic (exact) mass is 314 g/mol. The first-order valence-electron chi connectivity index (χ1n) is 6.48. The molecule has 21 heavy (non-hydrogen) atoms. The summed E-state index contributed by atoms with van der Waals surface area (Å²) in [6.45, 7) is 0. The van der Waals surface area contributed by atoms with Gasteiger partial charge in [0.2, 0.25) is 0 Å². The van der Waals surface area contributed by atoms with Crippen molar-refractivity contribution in [2.24, 2.45) is 0 Å². The molecule has 1 N–H and O–H groups in total. The number of halogens is 2. The highest BCUT2D eigenvalue weighted by Gasteiger charge is 2.05. The number of hydrogen-bond acceptors (Lipinski definition) is 1. The minimum absolute atomic E-state index is 0.229. The van der Waals surface area contributed by atoms with E-state index in [2.05, 4.69) is 0 Å². The average molecular weight is 315 g/mol. The zero-order valence-corrected chi connectivity index (χ0v) is 12.6. The smallest absolute Gasteiger partial charge is 0.116 e. The van der Waals surface area contributed by atoms with Gasteiger partial charge in [0.15, 0.2) is 0 Å². The molecule has 0 saturated heterocycles. The number of phenolic OH excluding ortho intramolecular Hbond substituents is 1. The van der Waals surface area contributed by atoms with Gasteiger partial charge < -0.3 is 5.11 Å². The van der Waals surface area contributed by atoms with Crippen LogP contribution in [-0.2, 0) is 0 Å². The maximum absolute atomic E-state index is 9.97. The molecule has 104 valence electrons. The molecular formula is C18H12Cl2O. The molecule has 3 aromatic carbocycles. The van der Waals surface area contributed by atoms with E-state index in [1.54, 1.807) is 12.1 Å². The Bertz CT molecular complexity index is 698. The largest absolute Gasteiger partial charge is 0.508 e. The molecule has 0 aliphatic rings. The van der Waals surface area contributed by atoms with Crippen LogP contribution >= 0.6 is 23.2 Å². The number of phenols is 1. The zero-order valence-electron chi connectivity index (χ0n) is 11.1. The molecular weight excluding hydrogens is 303 g/mol. The van der Waals surface area contributed by atoms with E-state index in [4.69, 9.17) is 23.2 Å². The molecule has 0 spiro atoms. The summed E-state index contributed by atoms with van der Waals surface area (Å²) >= 11 is 11.8. The van der Waals surface area contributed by atoms with Crippen LogP contribution in [0, 0.1) is 0 Å². The molecule has 0 radical (unpaired) electrons. The van der Waals surface area contributed by atoms with Gasteiger partial charge in [-0.1, -0.05) is 47.5 Å². The van der Waals surface area contributed by atoms with E-state index in [-0.39, 0.29) is 5.75 Å². The second-order valence-electron chi connectivity index (χ2n) is 4.78. The number of benzene rings is 3. The lowest BCUT2D eigenvalue weighted by atomic mass is 9.98. The highest BCUT2D eigenvalue weighted by molar-refractivity contribution is 6.30. The van der Waals surface area contributed by atoms with Crippen molar-refractivity contribution in [3.63, 3.8) is 0 Å². The van der Waals surface area contributed by atoms with E-state index in [9.17, 15) is 5.11 Å². The van der Waals surface area contributed by atoms with Crippen molar-refractivity contribution in [2.45, 2.75) is 0 Å². The highest BCUT2D eigenvalue weighted by atomic mass is 35.5. The van der Waals surface area contributed by atoms with Gasteiger partial charge in [0, 0.05) is 10.0 Å². The Kier molecular flexibility index (Phi) is 3.87. The summed E-state index contributed by atoms with van der Waals surface area (Å²) in [5.74, 6) is 0.229. The molecule has 0 amide bonds. The topological polar surface area (TPSA) is 20.2 Å². The maximum Gasteiger partial charge on any atom is 0.116 e. The minimum atomic E-state index is 0.229. The molecule has 0 atom stereocenters. The lowest BCUT2D eigenvalue weighted by Gasteiger charge is -2.08. The molecule has 0 aliphatic carbocycles. The predicted molar refractivity (Wildman–Crippen MR) is 89.0 cm³/mol. The van der Waals surface area contributed by atoms with Crippen LogP contribution < -0.4 is 0 Å². The maximum atomic E-state index is 9.97. The molecule has 0 unspecified atom stereocenters. The lowest BCUT2D eigenvalue weighted by molar-refractivity contribution is 0.476. The van der Waals surface area contributed by atoms with Crippen LogP contribution in [0.25, 0.3) is 22.3 Å². The quantitative estimate of drug-likeness (QED) is 0.612. The van der Waals surface area contributed by atoms with Gasteiger partial charge in [-0.2, -0.15) is 0 Å². The summed E-state index contributed by atoms with van der Waals surface area (Å²) in [5, 5.41) is 11.4. The molecule has 0 fully saturated rings. The molecule has 0 saturated carbocycles. The number of hydrogen-bond donors (Lipinski definition) is 1. The summed E-state index contributed by atoms with van der Waals surface area (Å²) in [7, 11) is 0. The van der Waals surface area contributed by atoms with Crippen molar-refractivity contribution in [3.05, 3.63) is 76.8 Å². The minimum Gasteiger partial charge on any atom is -0.508 e. The van der Waals surface area contributed by atoms with Gasteiger partial charge in [0.05, 0.1) is 0 Å². The van der Waals surface area contributed by atoms with Crippen LogP contribution in [0.2, 0.25) is 10.0 Å². The lowest BCUT2D eigenvalue weighted by Crippen LogP contribution is -1.82. The average Bonchev–Trinajstić information content (AvgIpc) is 2.48. The second kappa shape index (κ2) is 5.80. The van der Waals surface area contributed by atoms with Crippen LogP contribution in [0.1, 0.15) is 0 Å². The van der Waals surface area contributed by atoms with Crippen LogP contribution in [0.5, 0.6) is 5.75 Å². The second-order valence-corrected chi connectivity index (χ2v) is 5.66. The fraction of sp³-hybridized carbons (Fsp3) is 0. The SMILES string of the molecule is Oc1cc(-c2ccc(Cl)cc2)cc(-c2ccc(Cl)cc2)c1. The Morgan fingerprint density at radius 3 is 1.29 bits per heavy atom. The number of rotatable bonds is 2. The Hall–Kier alpha value is -1.96. The van der Waals surface area contributed by atoms with E-state index >= 15 is 0 Å². The summed E-state index contributed by atoms with van der Waals surface area (Å²) < 4.78 is 0. The molecule has 0 aromatic heterocycles. The molecule has 0 heterocycles. The van der Waals surface area contributed by atoms with Crippen molar-refractivity contribution < 1.29 is 5.11 Å². The Morgan fingerprint density at radius 1 is 0.524 bits per heavy atom. The first-order chi connectivity index (χ1) is 10.1.